The van der Waals surface area contributed by atoms with Gasteiger partial charge in [-0.2, -0.15) is 0 Å². The van der Waals surface area contributed by atoms with Gasteiger partial charge in [0.2, 0.25) is 5.91 Å². The van der Waals surface area contributed by atoms with Crippen LogP contribution in [0.2, 0.25) is 18.1 Å². The molecule has 2 atom stereocenters. The maximum absolute atomic E-state index is 11.9. The highest BCUT2D eigenvalue weighted by atomic mass is 28.4. The number of rotatable bonds is 4. The van der Waals surface area contributed by atoms with Gasteiger partial charge in [-0.25, -0.2) is 0 Å². The second-order valence-electron chi connectivity index (χ2n) is 8.75. The molecule has 1 aliphatic carbocycles. The van der Waals surface area contributed by atoms with Gasteiger partial charge in [-0.05, 0) is 24.1 Å². The maximum atomic E-state index is 11.9. The molecule has 1 amide bonds. The van der Waals surface area contributed by atoms with Gasteiger partial charge in [0.05, 0.1) is 6.42 Å². The van der Waals surface area contributed by atoms with Crippen molar-refractivity contribution >= 4 is 14.2 Å². The number of carbonyl (C=O) groups is 1. The lowest BCUT2D eigenvalue weighted by molar-refractivity contribution is -0.123. The Morgan fingerprint density at radius 3 is 2.41 bits per heavy atom. The smallest absolute Gasteiger partial charge is 0.225 e. The molecule has 1 saturated heterocycles. The Hall–Kier alpha value is -0.393. The summed E-state index contributed by atoms with van der Waals surface area (Å²) in [6, 6.07) is 0. The van der Waals surface area contributed by atoms with Crippen LogP contribution in [-0.2, 0) is 9.22 Å². The molecule has 0 bridgehead atoms. The van der Waals surface area contributed by atoms with E-state index in [4.69, 9.17) is 4.43 Å². The second-order valence-corrected chi connectivity index (χ2v) is 13.5. The van der Waals surface area contributed by atoms with Crippen molar-refractivity contribution in [3.63, 3.8) is 0 Å². The predicted octanol–water partition coefficient (Wildman–Crippen LogP) is 3.56. The molecule has 1 heterocycles. The lowest BCUT2D eigenvalue weighted by Crippen LogP contribution is -2.55. The molecule has 2 N–H and O–H groups in total. The number of carbonyl (C=O) groups excluding carboxylic acids is 1. The van der Waals surface area contributed by atoms with Gasteiger partial charge in [-0.15, -0.1) is 0 Å². The molecular weight excluding hydrogens is 294 g/mol. The average molecular weight is 328 g/mol. The molecule has 0 spiro atoms. The summed E-state index contributed by atoms with van der Waals surface area (Å²) in [4.78, 5) is 11.9. The van der Waals surface area contributed by atoms with E-state index in [1.165, 1.54) is 19.3 Å². The van der Waals surface area contributed by atoms with Crippen LogP contribution < -0.4 is 5.32 Å². The van der Waals surface area contributed by atoms with Crippen molar-refractivity contribution in [1.29, 1.82) is 0 Å². The lowest BCUT2D eigenvalue weighted by Gasteiger charge is -2.42. The van der Waals surface area contributed by atoms with E-state index >= 15 is 0 Å². The predicted molar refractivity (Wildman–Crippen MR) is 91.0 cm³/mol. The van der Waals surface area contributed by atoms with Crippen LogP contribution in [0, 0.1) is 5.92 Å². The normalized spacial score (nSPS) is 31.4. The Morgan fingerprint density at radius 1 is 1.27 bits per heavy atom. The van der Waals surface area contributed by atoms with E-state index in [0.717, 1.165) is 12.8 Å². The van der Waals surface area contributed by atoms with Crippen molar-refractivity contribution in [1.82, 2.24) is 5.32 Å². The number of amides is 1. The summed E-state index contributed by atoms with van der Waals surface area (Å²) < 4.78 is 6.40. The van der Waals surface area contributed by atoms with Crippen LogP contribution in [0.25, 0.3) is 0 Å². The minimum atomic E-state index is -2.01. The Morgan fingerprint density at radius 2 is 1.86 bits per heavy atom. The van der Waals surface area contributed by atoms with Crippen LogP contribution in [-0.4, -0.2) is 31.2 Å². The van der Waals surface area contributed by atoms with E-state index in [9.17, 15) is 9.90 Å². The van der Waals surface area contributed by atoms with E-state index in [0.29, 0.717) is 12.3 Å². The Bertz CT molecular complexity index is 413. The fourth-order valence-corrected chi connectivity index (χ4v) is 4.74. The van der Waals surface area contributed by atoms with E-state index < -0.39 is 20.1 Å². The van der Waals surface area contributed by atoms with Crippen LogP contribution in [0.1, 0.15) is 65.7 Å². The summed E-state index contributed by atoms with van der Waals surface area (Å²) in [6.45, 7) is 10.9. The van der Waals surface area contributed by atoms with Crippen LogP contribution in [0.3, 0.4) is 0 Å². The molecule has 1 aliphatic heterocycles. The van der Waals surface area contributed by atoms with Crippen molar-refractivity contribution < 1.29 is 14.3 Å². The van der Waals surface area contributed by atoms with Crippen molar-refractivity contribution in [2.75, 3.05) is 0 Å². The zero-order valence-corrected chi connectivity index (χ0v) is 15.9. The van der Waals surface area contributed by atoms with Crippen molar-refractivity contribution in [2.24, 2.45) is 5.92 Å². The molecule has 1 unspecified atom stereocenters. The van der Waals surface area contributed by atoms with Gasteiger partial charge in [0.1, 0.15) is 6.10 Å². The molecule has 2 aliphatic rings. The maximum Gasteiger partial charge on any atom is 0.225 e. The molecule has 5 heteroatoms. The second kappa shape index (κ2) is 6.25. The summed E-state index contributed by atoms with van der Waals surface area (Å²) in [6.07, 6.45) is 6.61. The van der Waals surface area contributed by atoms with Gasteiger partial charge in [0, 0.05) is 6.42 Å². The first kappa shape index (κ1) is 18.0. The van der Waals surface area contributed by atoms with Crippen molar-refractivity contribution in [3.05, 3.63) is 0 Å². The number of hydrogen-bond donors (Lipinski definition) is 2. The fraction of sp³-hybridized carbons (Fsp3) is 0.941. The summed E-state index contributed by atoms with van der Waals surface area (Å²) >= 11 is 0. The van der Waals surface area contributed by atoms with E-state index in [1.807, 2.05) is 0 Å². The Labute approximate surface area is 136 Å². The fourth-order valence-electron chi connectivity index (χ4n) is 3.40. The summed E-state index contributed by atoms with van der Waals surface area (Å²) in [7, 11) is -2.01. The van der Waals surface area contributed by atoms with Crippen LogP contribution >= 0.6 is 0 Å². The van der Waals surface area contributed by atoms with Crippen LogP contribution in [0.4, 0.5) is 0 Å². The first-order chi connectivity index (χ1) is 10.0. The third kappa shape index (κ3) is 3.92. The standard InChI is InChI=1S/C17H33NO3Si/c1-16(2,3)22(4,5)21-14-11-15(19)18-17(14,20)12-13-9-7-6-8-10-13/h13-14,20H,6-12H2,1-5H3,(H,18,19)/t14-,17?/m0/s1. The van der Waals surface area contributed by atoms with E-state index in [1.54, 1.807) is 0 Å². The topological polar surface area (TPSA) is 58.6 Å². The molecule has 0 radical (unpaired) electrons. The van der Waals surface area contributed by atoms with Gasteiger partial charge in [-0.3, -0.25) is 4.79 Å². The van der Waals surface area contributed by atoms with Gasteiger partial charge < -0.3 is 14.8 Å². The monoisotopic (exact) mass is 327 g/mol. The SMILES string of the molecule is CC(C)(C)[Si](C)(C)O[C@H]1CC(=O)NC1(O)CC1CCCCC1. The zero-order valence-electron chi connectivity index (χ0n) is 14.9. The molecular formula is C17H33NO3Si. The molecule has 4 nitrogen and oxygen atoms in total. The molecule has 1 saturated carbocycles. The third-order valence-corrected chi connectivity index (χ3v) is 10.3. The molecule has 2 rings (SSSR count). The number of aliphatic hydroxyl groups is 1. The molecule has 2 fully saturated rings. The Kier molecular flexibility index (Phi) is 5.10. The van der Waals surface area contributed by atoms with Crippen LogP contribution in [0.15, 0.2) is 0 Å². The van der Waals surface area contributed by atoms with Crippen molar-refractivity contribution in [3.8, 4) is 0 Å². The highest BCUT2D eigenvalue weighted by molar-refractivity contribution is 6.74. The highest BCUT2D eigenvalue weighted by Crippen LogP contribution is 2.41. The summed E-state index contributed by atoms with van der Waals surface area (Å²) in [5.41, 5.74) is -1.17. The molecule has 0 aromatic rings. The molecule has 0 aromatic heterocycles. The molecule has 128 valence electrons. The average Bonchev–Trinajstić information content (AvgIpc) is 2.62. The van der Waals surface area contributed by atoms with E-state index in [-0.39, 0.29) is 17.4 Å². The summed E-state index contributed by atoms with van der Waals surface area (Å²) in [5.74, 6) is 0.421. The summed E-state index contributed by atoms with van der Waals surface area (Å²) in [5, 5.41) is 14.0. The third-order valence-electron chi connectivity index (χ3n) is 5.83. The highest BCUT2D eigenvalue weighted by Gasteiger charge is 2.51. The lowest BCUT2D eigenvalue weighted by atomic mass is 9.82. The quantitative estimate of drug-likeness (QED) is 0.776. The van der Waals surface area contributed by atoms with Gasteiger partial charge in [0.15, 0.2) is 14.0 Å². The number of hydrogen-bond acceptors (Lipinski definition) is 3. The van der Waals surface area contributed by atoms with Crippen LogP contribution in [0.5, 0.6) is 0 Å². The van der Waals surface area contributed by atoms with Gasteiger partial charge in [-0.1, -0.05) is 52.9 Å². The van der Waals surface area contributed by atoms with E-state index in [2.05, 4.69) is 39.2 Å². The van der Waals surface area contributed by atoms with Crippen molar-refractivity contribution in [2.45, 2.75) is 95.7 Å². The first-order valence-corrected chi connectivity index (χ1v) is 11.7. The number of nitrogens with one attached hydrogen (secondary N) is 1. The minimum Gasteiger partial charge on any atom is -0.409 e. The van der Waals surface area contributed by atoms with Gasteiger partial charge in [0.25, 0.3) is 0 Å². The van der Waals surface area contributed by atoms with Gasteiger partial charge >= 0.3 is 0 Å². The molecule has 22 heavy (non-hydrogen) atoms. The Balaban J connectivity index is 2.09. The largest absolute Gasteiger partial charge is 0.409 e. The minimum absolute atomic E-state index is 0.0738. The zero-order chi connectivity index (χ0) is 16.6. The molecule has 0 aromatic carbocycles. The first-order valence-electron chi connectivity index (χ1n) is 8.75.